The fraction of sp³-hybridized carbons (Fsp3) is 0.0909. The normalized spacial score (nSPS) is 10.6. The summed E-state index contributed by atoms with van der Waals surface area (Å²) >= 11 is 0. The van der Waals surface area contributed by atoms with Gasteiger partial charge in [0.05, 0.1) is 19.9 Å². The first-order valence-electron chi connectivity index (χ1n) is 8.68. The smallest absolute Gasteiger partial charge is 0.251 e. The standard InChI is InChI=1S/C22H20N2O4/c1-27-20-7-3-2-5-16(20)10-13-21(25)24-18-11-8-17(9-12-18)22(26)23-15-19-6-4-14-28-19/h2-14H,15H2,1H3,(H,23,26)(H,24,25)/b13-10+. The highest BCUT2D eigenvalue weighted by atomic mass is 16.5. The first-order chi connectivity index (χ1) is 13.7. The van der Waals surface area contributed by atoms with E-state index in [-0.39, 0.29) is 11.8 Å². The second-order valence-electron chi connectivity index (χ2n) is 5.90. The van der Waals surface area contributed by atoms with Gasteiger partial charge in [0.1, 0.15) is 11.5 Å². The van der Waals surface area contributed by atoms with E-state index in [1.54, 1.807) is 55.8 Å². The zero-order valence-electron chi connectivity index (χ0n) is 15.3. The summed E-state index contributed by atoms with van der Waals surface area (Å²) in [5.74, 6) is 0.877. The molecular formula is C22H20N2O4. The number of rotatable bonds is 7. The van der Waals surface area contributed by atoms with Crippen molar-refractivity contribution in [2.45, 2.75) is 6.54 Å². The topological polar surface area (TPSA) is 80.6 Å². The van der Waals surface area contributed by atoms with Gasteiger partial charge in [0, 0.05) is 22.9 Å². The quantitative estimate of drug-likeness (QED) is 0.614. The van der Waals surface area contributed by atoms with Crippen LogP contribution in [0.1, 0.15) is 21.7 Å². The first-order valence-corrected chi connectivity index (χ1v) is 8.68. The summed E-state index contributed by atoms with van der Waals surface area (Å²) in [6.45, 7) is 0.318. The number of carbonyl (C=O) groups excluding carboxylic acids is 2. The Labute approximate surface area is 162 Å². The lowest BCUT2D eigenvalue weighted by Gasteiger charge is -2.06. The van der Waals surface area contributed by atoms with Gasteiger partial charge in [0.2, 0.25) is 5.91 Å². The predicted molar refractivity (Wildman–Crippen MR) is 107 cm³/mol. The van der Waals surface area contributed by atoms with Crippen LogP contribution < -0.4 is 15.4 Å². The number of para-hydroxylation sites is 1. The van der Waals surface area contributed by atoms with Crippen LogP contribution in [0.4, 0.5) is 5.69 Å². The van der Waals surface area contributed by atoms with Crippen LogP contribution in [0.3, 0.4) is 0 Å². The Morgan fingerprint density at radius 1 is 1.04 bits per heavy atom. The fourth-order valence-electron chi connectivity index (χ4n) is 2.54. The highest BCUT2D eigenvalue weighted by molar-refractivity contribution is 6.02. The van der Waals surface area contributed by atoms with Gasteiger partial charge in [-0.25, -0.2) is 0 Å². The molecule has 1 aromatic heterocycles. The molecule has 0 fully saturated rings. The van der Waals surface area contributed by atoms with Crippen molar-refractivity contribution < 1.29 is 18.7 Å². The highest BCUT2D eigenvalue weighted by Crippen LogP contribution is 2.18. The van der Waals surface area contributed by atoms with Crippen LogP contribution >= 0.6 is 0 Å². The van der Waals surface area contributed by atoms with Gasteiger partial charge < -0.3 is 19.8 Å². The van der Waals surface area contributed by atoms with Gasteiger partial charge in [0.25, 0.3) is 5.91 Å². The molecule has 6 nitrogen and oxygen atoms in total. The molecule has 0 spiro atoms. The van der Waals surface area contributed by atoms with E-state index >= 15 is 0 Å². The average Bonchev–Trinajstić information content (AvgIpc) is 3.25. The van der Waals surface area contributed by atoms with E-state index in [9.17, 15) is 9.59 Å². The maximum Gasteiger partial charge on any atom is 0.251 e. The molecule has 6 heteroatoms. The molecule has 142 valence electrons. The molecular weight excluding hydrogens is 356 g/mol. The number of carbonyl (C=O) groups is 2. The molecule has 3 aromatic rings. The van der Waals surface area contributed by atoms with Crippen LogP contribution in [0, 0.1) is 0 Å². The van der Waals surface area contributed by atoms with Gasteiger partial charge in [-0.3, -0.25) is 9.59 Å². The monoisotopic (exact) mass is 376 g/mol. The summed E-state index contributed by atoms with van der Waals surface area (Å²) in [5.41, 5.74) is 1.90. The van der Waals surface area contributed by atoms with E-state index in [0.29, 0.717) is 29.3 Å². The predicted octanol–water partition coefficient (Wildman–Crippen LogP) is 3.87. The van der Waals surface area contributed by atoms with Crippen LogP contribution in [0.2, 0.25) is 0 Å². The Bertz CT molecular complexity index is 960. The second-order valence-corrected chi connectivity index (χ2v) is 5.90. The van der Waals surface area contributed by atoms with E-state index < -0.39 is 0 Å². The molecule has 28 heavy (non-hydrogen) atoms. The molecule has 2 amide bonds. The molecule has 0 atom stereocenters. The number of furan rings is 1. The summed E-state index contributed by atoms with van der Waals surface area (Å²) in [6.07, 6.45) is 4.67. The van der Waals surface area contributed by atoms with Crippen LogP contribution in [0.25, 0.3) is 6.08 Å². The van der Waals surface area contributed by atoms with Gasteiger partial charge in [-0.2, -0.15) is 0 Å². The molecule has 1 heterocycles. The zero-order chi connectivity index (χ0) is 19.8. The van der Waals surface area contributed by atoms with Crippen molar-refractivity contribution in [2.24, 2.45) is 0 Å². The van der Waals surface area contributed by atoms with Gasteiger partial charge in [-0.1, -0.05) is 18.2 Å². The van der Waals surface area contributed by atoms with Crippen LogP contribution in [0.5, 0.6) is 5.75 Å². The van der Waals surface area contributed by atoms with E-state index in [2.05, 4.69) is 10.6 Å². The molecule has 0 saturated heterocycles. The number of hydrogen-bond acceptors (Lipinski definition) is 4. The lowest BCUT2D eigenvalue weighted by Crippen LogP contribution is -2.22. The number of methoxy groups -OCH3 is 1. The number of nitrogens with one attached hydrogen (secondary N) is 2. The molecule has 0 radical (unpaired) electrons. The maximum absolute atomic E-state index is 12.1. The Kier molecular flexibility index (Phi) is 6.25. The Balaban J connectivity index is 1.55. The molecule has 2 N–H and O–H groups in total. The average molecular weight is 376 g/mol. The van der Waals surface area contributed by atoms with Crippen LogP contribution in [0.15, 0.2) is 77.4 Å². The number of amides is 2. The number of benzene rings is 2. The minimum absolute atomic E-state index is 0.217. The largest absolute Gasteiger partial charge is 0.496 e. The highest BCUT2D eigenvalue weighted by Gasteiger charge is 2.07. The van der Waals surface area contributed by atoms with Crippen molar-refractivity contribution in [3.63, 3.8) is 0 Å². The maximum atomic E-state index is 12.1. The molecule has 0 aliphatic heterocycles. The molecule has 3 rings (SSSR count). The van der Waals surface area contributed by atoms with Crippen molar-refractivity contribution in [3.05, 3.63) is 89.9 Å². The van der Waals surface area contributed by atoms with Crippen molar-refractivity contribution in [2.75, 3.05) is 12.4 Å². The number of hydrogen-bond donors (Lipinski definition) is 2. The fourth-order valence-corrected chi connectivity index (χ4v) is 2.54. The van der Waals surface area contributed by atoms with E-state index in [0.717, 1.165) is 5.56 Å². The Morgan fingerprint density at radius 2 is 1.82 bits per heavy atom. The molecule has 0 aliphatic carbocycles. The number of ether oxygens (including phenoxy) is 1. The van der Waals surface area contributed by atoms with Crippen LogP contribution in [-0.4, -0.2) is 18.9 Å². The lowest BCUT2D eigenvalue weighted by atomic mass is 10.1. The van der Waals surface area contributed by atoms with Crippen LogP contribution in [-0.2, 0) is 11.3 Å². The Hall–Kier alpha value is -3.80. The van der Waals surface area contributed by atoms with Gasteiger partial charge in [-0.15, -0.1) is 0 Å². The third-order valence-electron chi connectivity index (χ3n) is 3.97. The lowest BCUT2D eigenvalue weighted by molar-refractivity contribution is -0.111. The third kappa shape index (κ3) is 5.11. The zero-order valence-corrected chi connectivity index (χ0v) is 15.3. The van der Waals surface area contributed by atoms with Gasteiger partial charge >= 0.3 is 0 Å². The van der Waals surface area contributed by atoms with E-state index in [1.807, 2.05) is 24.3 Å². The van der Waals surface area contributed by atoms with Crippen molar-refractivity contribution in [1.29, 1.82) is 0 Å². The van der Waals surface area contributed by atoms with Gasteiger partial charge in [-0.05, 0) is 48.5 Å². The molecule has 0 saturated carbocycles. The van der Waals surface area contributed by atoms with Crippen molar-refractivity contribution >= 4 is 23.6 Å². The summed E-state index contributed by atoms with van der Waals surface area (Å²) in [5, 5.41) is 5.52. The summed E-state index contributed by atoms with van der Waals surface area (Å²) < 4.78 is 10.4. The molecule has 0 aliphatic rings. The van der Waals surface area contributed by atoms with E-state index in [4.69, 9.17) is 9.15 Å². The summed E-state index contributed by atoms with van der Waals surface area (Å²) in [7, 11) is 1.58. The second kappa shape index (κ2) is 9.23. The minimum atomic E-state index is -0.277. The molecule has 0 unspecified atom stereocenters. The summed E-state index contributed by atoms with van der Waals surface area (Å²) in [6, 6.07) is 17.6. The number of anilines is 1. The molecule has 0 bridgehead atoms. The van der Waals surface area contributed by atoms with Crippen molar-refractivity contribution in [3.8, 4) is 5.75 Å². The Morgan fingerprint density at radius 3 is 2.54 bits per heavy atom. The van der Waals surface area contributed by atoms with Gasteiger partial charge in [0.15, 0.2) is 0 Å². The summed E-state index contributed by atoms with van der Waals surface area (Å²) in [4.78, 5) is 24.2. The SMILES string of the molecule is COc1ccccc1/C=C/C(=O)Nc1ccc(C(=O)NCc2ccco2)cc1. The third-order valence-corrected chi connectivity index (χ3v) is 3.97. The van der Waals surface area contributed by atoms with E-state index in [1.165, 1.54) is 6.08 Å². The minimum Gasteiger partial charge on any atom is -0.496 e. The van der Waals surface area contributed by atoms with Crippen molar-refractivity contribution in [1.82, 2.24) is 5.32 Å². The molecule has 2 aromatic carbocycles. The first kappa shape index (κ1) is 19.0.